The van der Waals surface area contributed by atoms with Crippen LogP contribution in [0.4, 0.5) is 0 Å². The highest BCUT2D eigenvalue weighted by Gasteiger charge is 2.30. The first-order valence-electron chi connectivity index (χ1n) is 8.83. The third-order valence-electron chi connectivity index (χ3n) is 4.24. The maximum atomic E-state index is 12.1. The molecule has 0 aliphatic carbocycles. The van der Waals surface area contributed by atoms with Crippen LogP contribution in [0.15, 0.2) is 51.1 Å². The van der Waals surface area contributed by atoms with E-state index in [2.05, 4.69) is 20.9 Å². The summed E-state index contributed by atoms with van der Waals surface area (Å²) in [5, 5.41) is 0. The van der Waals surface area contributed by atoms with Crippen LogP contribution in [-0.2, 0) is 25.4 Å². The van der Waals surface area contributed by atoms with Gasteiger partial charge in [0, 0.05) is 6.20 Å². The van der Waals surface area contributed by atoms with Crippen molar-refractivity contribution in [1.82, 2.24) is 9.55 Å². The van der Waals surface area contributed by atoms with E-state index in [4.69, 9.17) is 19.9 Å². The number of rotatable bonds is 7. The molecule has 0 unspecified atom stereocenters. The molecule has 1 aromatic heterocycles. The maximum Gasteiger partial charge on any atom is 0.330 e. The number of ether oxygens (including phenoxy) is 3. The molecule has 0 spiro atoms. The van der Waals surface area contributed by atoms with Gasteiger partial charge in [-0.25, -0.2) is 4.79 Å². The Hall–Kier alpha value is -2.24. The fraction of sp³-hybridized carbons (Fsp3) is 0.316. The quantitative estimate of drug-likeness (QED) is 0.547. The summed E-state index contributed by atoms with van der Waals surface area (Å²) in [4.78, 5) is 39.6. The average Bonchev–Trinajstić information content (AvgIpc) is 3.17. The number of benzene rings is 1. The molecule has 0 radical (unpaired) electrons. The molecule has 1 aliphatic rings. The Kier molecular flexibility index (Phi) is 9.00. The van der Waals surface area contributed by atoms with E-state index in [1.807, 2.05) is 30.3 Å². The smallest absolute Gasteiger partial charge is 0.330 e. The molecule has 9 nitrogen and oxygen atoms in total. The van der Waals surface area contributed by atoms with Crippen molar-refractivity contribution in [3.05, 3.63) is 73.5 Å². The van der Waals surface area contributed by atoms with Crippen LogP contribution in [0.3, 0.4) is 0 Å². The monoisotopic (exact) mass is 501 g/mol. The van der Waals surface area contributed by atoms with Gasteiger partial charge in [0.2, 0.25) is 0 Å². The van der Waals surface area contributed by atoms with E-state index in [1.165, 1.54) is 21.8 Å². The number of aromatic amines is 1. The van der Waals surface area contributed by atoms with Crippen LogP contribution in [0.25, 0.3) is 6.08 Å². The Morgan fingerprint density at radius 2 is 2.10 bits per heavy atom. The van der Waals surface area contributed by atoms with Gasteiger partial charge in [0.1, 0.15) is 12.6 Å². The SMILES string of the molecule is Cl.N[C@H](Cc1ccccc1)C(=O)OC[C@H]1OC[C@@H](n2cc(/C=C/Br)c(=O)[nH]c2=O)O1. The maximum absolute atomic E-state index is 12.1. The fourth-order valence-electron chi connectivity index (χ4n) is 2.79. The zero-order chi connectivity index (χ0) is 20.8. The lowest BCUT2D eigenvalue weighted by Crippen LogP contribution is -2.36. The summed E-state index contributed by atoms with van der Waals surface area (Å²) in [6.45, 7) is -0.105. The van der Waals surface area contributed by atoms with E-state index in [9.17, 15) is 14.4 Å². The van der Waals surface area contributed by atoms with Gasteiger partial charge in [0.05, 0.1) is 12.2 Å². The molecule has 3 rings (SSSR count). The lowest BCUT2D eigenvalue weighted by molar-refractivity contribution is -0.160. The molecule has 0 saturated carbocycles. The van der Waals surface area contributed by atoms with Gasteiger partial charge in [-0.1, -0.05) is 46.3 Å². The molecule has 1 saturated heterocycles. The number of carbonyl (C=O) groups is 1. The van der Waals surface area contributed by atoms with E-state index >= 15 is 0 Å². The summed E-state index contributed by atoms with van der Waals surface area (Å²) in [7, 11) is 0. The first-order valence-corrected chi connectivity index (χ1v) is 9.75. The molecule has 1 aromatic carbocycles. The van der Waals surface area contributed by atoms with Crippen LogP contribution >= 0.6 is 28.3 Å². The fourth-order valence-corrected chi connectivity index (χ4v) is 3.07. The molecule has 162 valence electrons. The van der Waals surface area contributed by atoms with Crippen LogP contribution in [0.2, 0.25) is 0 Å². The third-order valence-corrected chi connectivity index (χ3v) is 4.51. The van der Waals surface area contributed by atoms with Crippen LogP contribution in [-0.4, -0.2) is 41.1 Å². The van der Waals surface area contributed by atoms with Crippen molar-refractivity contribution in [3.63, 3.8) is 0 Å². The predicted octanol–water partition coefficient (Wildman–Crippen LogP) is 1.31. The Labute approximate surface area is 186 Å². The van der Waals surface area contributed by atoms with E-state index in [0.717, 1.165) is 5.56 Å². The van der Waals surface area contributed by atoms with Gasteiger partial charge in [-0.05, 0) is 23.0 Å². The number of H-pyrrole nitrogens is 1. The number of esters is 1. The van der Waals surface area contributed by atoms with Gasteiger partial charge in [0.25, 0.3) is 5.56 Å². The van der Waals surface area contributed by atoms with Gasteiger partial charge < -0.3 is 19.9 Å². The summed E-state index contributed by atoms with van der Waals surface area (Å²) in [5.74, 6) is -0.574. The normalized spacial score (nSPS) is 19.4. The molecule has 3 atom stereocenters. The van der Waals surface area contributed by atoms with Crippen molar-refractivity contribution in [3.8, 4) is 0 Å². The summed E-state index contributed by atoms with van der Waals surface area (Å²) in [6, 6.07) is 8.56. The molecular formula is C19H21BrClN3O6. The Bertz CT molecular complexity index is 994. The number of aromatic nitrogens is 2. The first-order chi connectivity index (χ1) is 14.0. The number of hydrogen-bond donors (Lipinski definition) is 2. The molecule has 3 N–H and O–H groups in total. The predicted molar refractivity (Wildman–Crippen MR) is 115 cm³/mol. The number of nitrogens with two attached hydrogens (primary N) is 1. The van der Waals surface area contributed by atoms with Crippen molar-refractivity contribution in [2.45, 2.75) is 25.0 Å². The molecule has 0 bridgehead atoms. The van der Waals surface area contributed by atoms with Gasteiger partial charge >= 0.3 is 11.7 Å². The van der Waals surface area contributed by atoms with Crippen molar-refractivity contribution in [2.24, 2.45) is 5.73 Å². The van der Waals surface area contributed by atoms with Crippen LogP contribution < -0.4 is 17.0 Å². The Morgan fingerprint density at radius 3 is 2.80 bits per heavy atom. The average molecular weight is 503 g/mol. The van der Waals surface area contributed by atoms with E-state index in [0.29, 0.717) is 6.42 Å². The third kappa shape index (κ3) is 6.13. The molecular weight excluding hydrogens is 482 g/mol. The Morgan fingerprint density at radius 1 is 1.37 bits per heavy atom. The van der Waals surface area contributed by atoms with Gasteiger partial charge in [-0.15, -0.1) is 12.4 Å². The molecule has 1 fully saturated rings. The number of carbonyl (C=O) groups excluding carboxylic acids is 1. The van der Waals surface area contributed by atoms with E-state index in [-0.39, 0.29) is 31.2 Å². The first kappa shape index (κ1) is 24.0. The highest BCUT2D eigenvalue weighted by molar-refractivity contribution is 9.11. The molecule has 1 aliphatic heterocycles. The number of hydrogen-bond acceptors (Lipinski definition) is 7. The number of nitrogens with zero attached hydrogens (tertiary/aromatic N) is 1. The standard InChI is InChI=1S/C19H20BrN3O6.ClH/c20-7-6-13-9-23(19(26)22-17(13)24)15-10-27-16(29-15)11-28-18(25)14(21)8-12-4-2-1-3-5-12;/h1-7,9,14-16H,8,10-11,21H2,(H,22,24,26);1H/b7-6+;/t14-,15+,16+;/m1./s1. The van der Waals surface area contributed by atoms with Crippen molar-refractivity contribution < 1.29 is 19.0 Å². The van der Waals surface area contributed by atoms with E-state index in [1.54, 1.807) is 0 Å². The van der Waals surface area contributed by atoms with Gasteiger partial charge in [-0.3, -0.25) is 19.1 Å². The molecule has 0 amide bonds. The minimum Gasteiger partial charge on any atom is -0.459 e. The summed E-state index contributed by atoms with van der Waals surface area (Å²) in [5.41, 5.74) is 5.94. The van der Waals surface area contributed by atoms with Crippen LogP contribution in [0, 0.1) is 0 Å². The summed E-state index contributed by atoms with van der Waals surface area (Å²) in [6.07, 6.45) is 1.62. The second-order valence-corrected chi connectivity index (χ2v) is 6.85. The van der Waals surface area contributed by atoms with Crippen molar-refractivity contribution in [2.75, 3.05) is 13.2 Å². The molecule has 2 aromatic rings. The van der Waals surface area contributed by atoms with Crippen molar-refractivity contribution >= 4 is 40.4 Å². The number of halogens is 2. The second kappa shape index (κ2) is 11.2. The number of nitrogens with one attached hydrogen (secondary N) is 1. The van der Waals surface area contributed by atoms with Crippen LogP contribution in [0.1, 0.15) is 17.4 Å². The zero-order valence-corrected chi connectivity index (χ0v) is 18.1. The van der Waals surface area contributed by atoms with E-state index < -0.39 is 35.8 Å². The minimum atomic E-state index is -0.845. The molecule has 11 heteroatoms. The largest absolute Gasteiger partial charge is 0.459 e. The highest BCUT2D eigenvalue weighted by Crippen LogP contribution is 2.20. The zero-order valence-electron chi connectivity index (χ0n) is 15.7. The topological polar surface area (TPSA) is 126 Å². The molecule has 30 heavy (non-hydrogen) atoms. The van der Waals surface area contributed by atoms with Gasteiger partial charge in [-0.2, -0.15) is 0 Å². The minimum absolute atomic E-state index is 0. The lowest BCUT2D eigenvalue weighted by Gasteiger charge is -2.15. The van der Waals surface area contributed by atoms with Crippen LogP contribution in [0.5, 0.6) is 0 Å². The molecule has 2 heterocycles. The van der Waals surface area contributed by atoms with Crippen molar-refractivity contribution in [1.29, 1.82) is 0 Å². The summed E-state index contributed by atoms with van der Waals surface area (Å²) >= 11 is 3.09. The Balaban J connectivity index is 0.00000320. The summed E-state index contributed by atoms with van der Waals surface area (Å²) < 4.78 is 17.4. The van der Waals surface area contributed by atoms with Gasteiger partial charge in [0.15, 0.2) is 12.5 Å². The highest BCUT2D eigenvalue weighted by atomic mass is 79.9. The lowest BCUT2D eigenvalue weighted by atomic mass is 10.1. The second-order valence-electron chi connectivity index (χ2n) is 6.32.